The molecule has 27 heavy (non-hydrogen) atoms. The van der Waals surface area contributed by atoms with Crippen LogP contribution in [0, 0.1) is 40.4 Å². The zero-order chi connectivity index (χ0) is 18.6. The molecule has 2 aliphatic heterocycles. The quantitative estimate of drug-likeness (QED) is 0.650. The van der Waals surface area contributed by atoms with Gasteiger partial charge in [0, 0.05) is 11.3 Å². The van der Waals surface area contributed by atoms with E-state index in [1.807, 2.05) is 0 Å². The highest BCUT2D eigenvalue weighted by molar-refractivity contribution is 5.72. The van der Waals surface area contributed by atoms with Gasteiger partial charge in [-0.15, -0.1) is 0 Å². The lowest BCUT2D eigenvalue weighted by molar-refractivity contribution is -0.322. The molecule has 4 aliphatic carbocycles. The summed E-state index contributed by atoms with van der Waals surface area (Å²) in [4.78, 5) is 12.0. The third-order valence-corrected chi connectivity index (χ3v) is 10.7. The van der Waals surface area contributed by atoms with Gasteiger partial charge in [-0.3, -0.25) is 4.79 Å². The zero-order valence-electron chi connectivity index (χ0n) is 16.8. The fourth-order valence-corrected chi connectivity index (χ4v) is 9.38. The van der Waals surface area contributed by atoms with E-state index in [0.29, 0.717) is 35.5 Å². The molecule has 6 fully saturated rings. The fourth-order valence-electron chi connectivity index (χ4n) is 9.38. The fraction of sp³-hybridized carbons (Fsp3) is 0.957. The average Bonchev–Trinajstić information content (AvgIpc) is 3.08. The van der Waals surface area contributed by atoms with Gasteiger partial charge >= 0.3 is 5.97 Å². The number of ether oxygens (including phenoxy) is 2. The molecule has 0 aromatic rings. The first-order valence-electron chi connectivity index (χ1n) is 11.4. The van der Waals surface area contributed by atoms with E-state index in [2.05, 4.69) is 13.8 Å². The SMILES string of the molecule is C[C@]12CC[C@H](O)C[C@H]1CC[C@@H]1[C@@H]2CC[C@]2(C)[C@@H]3CC[C@]12O[C@H]1OC(=O)C[C@@H]13. The van der Waals surface area contributed by atoms with Crippen LogP contribution in [0.25, 0.3) is 0 Å². The van der Waals surface area contributed by atoms with Crippen LogP contribution in [0.4, 0.5) is 0 Å². The van der Waals surface area contributed by atoms with E-state index in [0.717, 1.165) is 25.7 Å². The lowest BCUT2D eigenvalue weighted by Crippen LogP contribution is -2.67. The summed E-state index contributed by atoms with van der Waals surface area (Å²) in [6.45, 7) is 5.01. The Hall–Kier alpha value is -0.610. The number of hydrogen-bond donors (Lipinski definition) is 1. The van der Waals surface area contributed by atoms with Crippen LogP contribution in [0.5, 0.6) is 0 Å². The topological polar surface area (TPSA) is 55.8 Å². The van der Waals surface area contributed by atoms with Crippen LogP contribution in [-0.2, 0) is 14.3 Å². The molecule has 4 heteroatoms. The predicted molar refractivity (Wildman–Crippen MR) is 99.5 cm³/mol. The maximum absolute atomic E-state index is 12.0. The van der Waals surface area contributed by atoms with Crippen molar-refractivity contribution in [2.75, 3.05) is 0 Å². The molecule has 6 rings (SSSR count). The summed E-state index contributed by atoms with van der Waals surface area (Å²) in [5.74, 6) is 2.78. The van der Waals surface area contributed by atoms with Gasteiger partial charge in [-0.1, -0.05) is 13.8 Å². The number of aliphatic hydroxyl groups excluding tert-OH is 1. The maximum Gasteiger partial charge on any atom is 0.308 e. The standard InChI is InChI=1S/C23H34O4/c1-21-8-5-14(24)11-13(21)3-4-18-17(21)6-9-22(2)16-7-10-23(18,22)27-20-15(16)12-19(25)26-20/h13-18,20,24H,3-12H2,1-2H3/t13-,14+,15-,16-,17+,18-,20-,21+,22-,23+/m1/s1. The molecule has 0 radical (unpaired) electrons. The van der Waals surface area contributed by atoms with Crippen LogP contribution in [0.2, 0.25) is 0 Å². The van der Waals surface area contributed by atoms with E-state index in [-0.39, 0.29) is 35.3 Å². The number of carbonyl (C=O) groups is 1. The molecule has 0 spiro atoms. The van der Waals surface area contributed by atoms with Gasteiger partial charge in [0.25, 0.3) is 0 Å². The lowest BCUT2D eigenvalue weighted by Gasteiger charge is -2.66. The Morgan fingerprint density at radius 3 is 2.63 bits per heavy atom. The monoisotopic (exact) mass is 374 g/mol. The summed E-state index contributed by atoms with van der Waals surface area (Å²) in [6.07, 6.45) is 10.7. The highest BCUT2D eigenvalue weighted by Gasteiger charge is 2.73. The van der Waals surface area contributed by atoms with Crippen molar-refractivity contribution < 1.29 is 19.4 Å². The van der Waals surface area contributed by atoms with E-state index in [1.165, 1.54) is 32.1 Å². The number of carbonyl (C=O) groups excluding carboxylic acids is 1. The normalized spacial score (nSPS) is 61.4. The Balaban J connectivity index is 1.39. The van der Waals surface area contributed by atoms with Crippen molar-refractivity contribution in [2.45, 2.75) is 96.1 Å². The van der Waals surface area contributed by atoms with Gasteiger partial charge in [-0.25, -0.2) is 0 Å². The summed E-state index contributed by atoms with van der Waals surface area (Å²) in [5.41, 5.74) is 0.472. The summed E-state index contributed by atoms with van der Waals surface area (Å²) < 4.78 is 12.6. The summed E-state index contributed by atoms with van der Waals surface area (Å²) >= 11 is 0. The second-order valence-electron chi connectivity index (χ2n) is 11.3. The van der Waals surface area contributed by atoms with E-state index in [4.69, 9.17) is 9.47 Å². The summed E-state index contributed by atoms with van der Waals surface area (Å²) in [5, 5.41) is 10.2. The van der Waals surface area contributed by atoms with Crippen molar-refractivity contribution in [3.8, 4) is 0 Å². The molecule has 4 saturated carbocycles. The molecular formula is C23H34O4. The molecule has 0 amide bonds. The molecule has 2 heterocycles. The van der Waals surface area contributed by atoms with Crippen LogP contribution >= 0.6 is 0 Å². The van der Waals surface area contributed by atoms with E-state index >= 15 is 0 Å². The van der Waals surface area contributed by atoms with E-state index < -0.39 is 0 Å². The maximum atomic E-state index is 12.0. The van der Waals surface area contributed by atoms with Gasteiger partial charge in [-0.05, 0) is 86.9 Å². The van der Waals surface area contributed by atoms with Gasteiger partial charge in [0.1, 0.15) is 0 Å². The van der Waals surface area contributed by atoms with Crippen LogP contribution < -0.4 is 0 Å². The minimum atomic E-state index is -0.282. The number of aliphatic hydroxyl groups is 1. The number of fused-ring (bicyclic) bond motifs is 5. The Bertz CT molecular complexity index is 677. The summed E-state index contributed by atoms with van der Waals surface area (Å²) in [7, 11) is 0. The molecule has 6 aliphatic rings. The predicted octanol–water partition coefficient (Wildman–Crippen LogP) is 4.05. The van der Waals surface area contributed by atoms with Gasteiger partial charge in [0.2, 0.25) is 6.29 Å². The lowest BCUT2D eigenvalue weighted by atomic mass is 9.42. The van der Waals surface area contributed by atoms with Crippen LogP contribution in [-0.4, -0.2) is 29.1 Å². The van der Waals surface area contributed by atoms with E-state index in [1.54, 1.807) is 0 Å². The van der Waals surface area contributed by atoms with Crippen LogP contribution in [0.15, 0.2) is 0 Å². The molecule has 2 saturated heterocycles. The van der Waals surface area contributed by atoms with Crippen LogP contribution in [0.1, 0.15) is 78.1 Å². The second-order valence-corrected chi connectivity index (χ2v) is 11.3. The molecule has 4 nitrogen and oxygen atoms in total. The van der Waals surface area contributed by atoms with Gasteiger partial charge in [0.15, 0.2) is 0 Å². The molecule has 2 bridgehead atoms. The van der Waals surface area contributed by atoms with Crippen molar-refractivity contribution in [2.24, 2.45) is 40.4 Å². The molecule has 0 unspecified atom stereocenters. The molecule has 0 aromatic carbocycles. The molecule has 10 atom stereocenters. The highest BCUT2D eigenvalue weighted by Crippen LogP contribution is 2.73. The van der Waals surface area contributed by atoms with Crippen molar-refractivity contribution in [3.63, 3.8) is 0 Å². The Kier molecular flexibility index (Phi) is 3.39. The molecule has 150 valence electrons. The first kappa shape index (κ1) is 17.3. The van der Waals surface area contributed by atoms with Crippen LogP contribution in [0.3, 0.4) is 0 Å². The van der Waals surface area contributed by atoms with Gasteiger partial charge in [0.05, 0.1) is 18.1 Å². The van der Waals surface area contributed by atoms with Crippen molar-refractivity contribution in [1.82, 2.24) is 0 Å². The smallest absolute Gasteiger partial charge is 0.308 e. The second kappa shape index (κ2) is 5.30. The highest BCUT2D eigenvalue weighted by atomic mass is 16.7. The molecular weight excluding hydrogens is 340 g/mol. The first-order valence-corrected chi connectivity index (χ1v) is 11.4. The minimum absolute atomic E-state index is 0.0530. The largest absolute Gasteiger partial charge is 0.435 e. The third kappa shape index (κ3) is 1.95. The van der Waals surface area contributed by atoms with Gasteiger partial charge in [-0.2, -0.15) is 0 Å². The first-order chi connectivity index (χ1) is 12.9. The minimum Gasteiger partial charge on any atom is -0.435 e. The zero-order valence-corrected chi connectivity index (χ0v) is 16.8. The molecule has 1 N–H and O–H groups in total. The van der Waals surface area contributed by atoms with Crippen molar-refractivity contribution >= 4 is 5.97 Å². The number of hydrogen-bond acceptors (Lipinski definition) is 4. The Morgan fingerprint density at radius 1 is 0.963 bits per heavy atom. The average molecular weight is 375 g/mol. The Morgan fingerprint density at radius 2 is 1.78 bits per heavy atom. The summed E-state index contributed by atoms with van der Waals surface area (Å²) in [6, 6.07) is 0. The van der Waals surface area contributed by atoms with Crippen molar-refractivity contribution in [3.05, 3.63) is 0 Å². The molecule has 0 aromatic heterocycles. The Labute approximate surface area is 162 Å². The number of esters is 1. The van der Waals surface area contributed by atoms with Crippen molar-refractivity contribution in [1.29, 1.82) is 0 Å². The third-order valence-electron chi connectivity index (χ3n) is 10.7. The number of rotatable bonds is 0. The van der Waals surface area contributed by atoms with Gasteiger partial charge < -0.3 is 14.6 Å². The van der Waals surface area contributed by atoms with E-state index in [9.17, 15) is 9.90 Å².